The highest BCUT2D eigenvalue weighted by Gasteiger charge is 2.33. The number of anilines is 1. The Morgan fingerprint density at radius 1 is 1.17 bits per heavy atom. The zero-order valence-electron chi connectivity index (χ0n) is 13.1. The number of hydrogen-bond donors (Lipinski definition) is 1. The van der Waals surface area contributed by atoms with Gasteiger partial charge < -0.3 is 19.7 Å². The van der Waals surface area contributed by atoms with E-state index in [1.165, 1.54) is 0 Å². The molecule has 1 aromatic carbocycles. The molecule has 0 aliphatic carbocycles. The van der Waals surface area contributed by atoms with E-state index in [9.17, 15) is 14.4 Å². The van der Waals surface area contributed by atoms with Crippen molar-refractivity contribution in [1.29, 1.82) is 0 Å². The number of ether oxygens (including phenoxy) is 2. The molecule has 0 spiro atoms. The van der Waals surface area contributed by atoms with E-state index in [4.69, 9.17) is 9.47 Å². The number of hydrogen-bond acceptors (Lipinski definition) is 6. The molecule has 2 aliphatic rings. The van der Waals surface area contributed by atoms with E-state index in [0.29, 0.717) is 18.8 Å². The van der Waals surface area contributed by atoms with Gasteiger partial charge in [-0.2, -0.15) is 0 Å². The van der Waals surface area contributed by atoms with E-state index in [-0.39, 0.29) is 30.6 Å². The fourth-order valence-electron chi connectivity index (χ4n) is 2.62. The number of nitrogens with zero attached hydrogens (tertiary/aromatic N) is 1. The topological polar surface area (TPSA) is 84.9 Å². The third-order valence-corrected chi connectivity index (χ3v) is 3.87. The molecule has 1 saturated heterocycles. The molecule has 0 atom stereocenters. The average molecular weight is 330 g/mol. The number of amides is 1. The predicted molar refractivity (Wildman–Crippen MR) is 84.8 cm³/mol. The number of ketones is 1. The molecule has 0 aromatic heterocycles. The molecule has 24 heavy (non-hydrogen) atoms. The van der Waals surface area contributed by atoms with Crippen molar-refractivity contribution >= 4 is 23.3 Å². The van der Waals surface area contributed by atoms with Crippen molar-refractivity contribution in [2.24, 2.45) is 0 Å². The van der Waals surface area contributed by atoms with Crippen molar-refractivity contribution in [2.45, 2.75) is 12.8 Å². The molecule has 2 aliphatic heterocycles. The number of nitrogens with one attached hydrogen (secondary N) is 1. The van der Waals surface area contributed by atoms with Gasteiger partial charge in [-0.1, -0.05) is 18.2 Å². The first kappa shape index (κ1) is 16.0. The van der Waals surface area contributed by atoms with Gasteiger partial charge in [0.1, 0.15) is 0 Å². The monoisotopic (exact) mass is 330 g/mol. The summed E-state index contributed by atoms with van der Waals surface area (Å²) < 4.78 is 10.2. The van der Waals surface area contributed by atoms with Crippen LogP contribution in [-0.4, -0.2) is 48.9 Å². The van der Waals surface area contributed by atoms with Gasteiger partial charge in [0.15, 0.2) is 18.8 Å². The van der Waals surface area contributed by atoms with E-state index >= 15 is 0 Å². The summed E-state index contributed by atoms with van der Waals surface area (Å²) in [4.78, 5) is 37.7. The SMILES string of the molecule is O=C1COC(Nc2ccccc2)=C1C(=O)OCC(=O)N1CCCC1. The summed E-state index contributed by atoms with van der Waals surface area (Å²) in [5, 5.41) is 2.89. The second-order valence-corrected chi connectivity index (χ2v) is 5.57. The van der Waals surface area contributed by atoms with Gasteiger partial charge in [-0.3, -0.25) is 9.59 Å². The lowest BCUT2D eigenvalue weighted by atomic mass is 10.2. The lowest BCUT2D eigenvalue weighted by Crippen LogP contribution is -2.32. The first-order chi connectivity index (χ1) is 11.6. The number of Topliss-reactive ketones (excluding diaryl/α,β-unsaturated/α-hetero) is 1. The van der Waals surface area contributed by atoms with Crippen LogP contribution in [0.15, 0.2) is 41.8 Å². The van der Waals surface area contributed by atoms with Crippen molar-refractivity contribution in [1.82, 2.24) is 4.90 Å². The van der Waals surface area contributed by atoms with E-state index in [1.54, 1.807) is 17.0 Å². The summed E-state index contributed by atoms with van der Waals surface area (Å²) in [6, 6.07) is 9.02. The second kappa shape index (κ2) is 7.16. The Bertz CT molecular complexity index is 677. The Kier molecular flexibility index (Phi) is 4.79. The summed E-state index contributed by atoms with van der Waals surface area (Å²) in [5.74, 6) is -1.49. The molecular weight excluding hydrogens is 312 g/mol. The molecule has 1 aromatic rings. The summed E-state index contributed by atoms with van der Waals surface area (Å²) in [5.41, 5.74) is 0.494. The van der Waals surface area contributed by atoms with Crippen molar-refractivity contribution in [3.63, 3.8) is 0 Å². The van der Waals surface area contributed by atoms with Gasteiger partial charge in [0.2, 0.25) is 11.7 Å². The van der Waals surface area contributed by atoms with Gasteiger partial charge in [-0.05, 0) is 25.0 Å². The predicted octanol–water partition coefficient (Wildman–Crippen LogP) is 1.07. The molecular formula is C17H18N2O5. The summed E-state index contributed by atoms with van der Waals surface area (Å²) in [6.45, 7) is 0.776. The van der Waals surface area contributed by atoms with Crippen LogP contribution in [0, 0.1) is 0 Å². The maximum atomic E-state index is 12.2. The highest BCUT2D eigenvalue weighted by molar-refractivity contribution is 6.20. The second-order valence-electron chi connectivity index (χ2n) is 5.57. The number of rotatable bonds is 5. The highest BCUT2D eigenvalue weighted by atomic mass is 16.5. The number of likely N-dealkylation sites (tertiary alicyclic amines) is 1. The largest absolute Gasteiger partial charge is 0.470 e. The zero-order chi connectivity index (χ0) is 16.9. The van der Waals surface area contributed by atoms with Crippen LogP contribution in [0.1, 0.15) is 12.8 Å². The lowest BCUT2D eigenvalue weighted by molar-refractivity contribution is -0.149. The number of benzene rings is 1. The molecule has 0 radical (unpaired) electrons. The molecule has 2 heterocycles. The summed E-state index contributed by atoms with van der Waals surface area (Å²) >= 11 is 0. The van der Waals surface area contributed by atoms with Crippen molar-refractivity contribution in [3.05, 3.63) is 41.8 Å². The van der Waals surface area contributed by atoms with Crippen molar-refractivity contribution in [3.8, 4) is 0 Å². The minimum Gasteiger partial charge on any atom is -0.470 e. The fourth-order valence-corrected chi connectivity index (χ4v) is 2.62. The Hall–Kier alpha value is -2.83. The quantitative estimate of drug-likeness (QED) is 0.642. The molecule has 1 N–H and O–H groups in total. The maximum absolute atomic E-state index is 12.2. The Balaban J connectivity index is 1.65. The molecule has 0 unspecified atom stereocenters. The maximum Gasteiger partial charge on any atom is 0.347 e. The lowest BCUT2D eigenvalue weighted by Gasteiger charge is -2.15. The normalized spacial score (nSPS) is 17.0. The Morgan fingerprint density at radius 3 is 2.58 bits per heavy atom. The fraction of sp³-hybridized carbons (Fsp3) is 0.353. The third kappa shape index (κ3) is 3.56. The van der Waals surface area contributed by atoms with Crippen molar-refractivity contribution < 1.29 is 23.9 Å². The van der Waals surface area contributed by atoms with Gasteiger partial charge >= 0.3 is 5.97 Å². The molecule has 0 saturated carbocycles. The molecule has 126 valence electrons. The van der Waals surface area contributed by atoms with Crippen molar-refractivity contribution in [2.75, 3.05) is 31.6 Å². The molecule has 1 amide bonds. The molecule has 1 fully saturated rings. The van der Waals surface area contributed by atoms with Crippen LogP contribution in [0.3, 0.4) is 0 Å². The van der Waals surface area contributed by atoms with Crippen LogP contribution in [0.5, 0.6) is 0 Å². The van der Waals surface area contributed by atoms with Gasteiger partial charge in [0, 0.05) is 18.8 Å². The van der Waals surface area contributed by atoms with Crippen LogP contribution in [0.2, 0.25) is 0 Å². The minimum absolute atomic E-state index is 0.0600. The molecule has 7 heteroatoms. The van der Waals surface area contributed by atoms with E-state index in [0.717, 1.165) is 12.8 Å². The number of carbonyl (C=O) groups excluding carboxylic acids is 3. The molecule has 7 nitrogen and oxygen atoms in total. The Morgan fingerprint density at radius 2 is 1.88 bits per heavy atom. The van der Waals surface area contributed by atoms with Gasteiger partial charge in [0.25, 0.3) is 5.91 Å². The number of carbonyl (C=O) groups is 3. The van der Waals surface area contributed by atoms with E-state index in [2.05, 4.69) is 5.32 Å². The first-order valence-corrected chi connectivity index (χ1v) is 7.82. The highest BCUT2D eigenvalue weighted by Crippen LogP contribution is 2.20. The van der Waals surface area contributed by atoms with Gasteiger partial charge in [-0.25, -0.2) is 4.79 Å². The Labute approximate surface area is 139 Å². The molecule has 0 bridgehead atoms. The smallest absolute Gasteiger partial charge is 0.347 e. The summed E-state index contributed by atoms with van der Waals surface area (Å²) in [6.07, 6.45) is 1.92. The van der Waals surface area contributed by atoms with Crippen LogP contribution in [-0.2, 0) is 23.9 Å². The average Bonchev–Trinajstić information content (AvgIpc) is 3.24. The van der Waals surface area contributed by atoms with Crippen LogP contribution in [0.4, 0.5) is 5.69 Å². The van der Waals surface area contributed by atoms with Gasteiger partial charge in [0.05, 0.1) is 0 Å². The van der Waals surface area contributed by atoms with Gasteiger partial charge in [-0.15, -0.1) is 0 Å². The third-order valence-electron chi connectivity index (χ3n) is 3.87. The standard InChI is InChI=1S/C17H18N2O5/c20-13-10-23-16(18-12-6-2-1-3-7-12)15(13)17(22)24-11-14(21)19-8-4-5-9-19/h1-3,6-7,18H,4-5,8-11H2. The van der Waals surface area contributed by atoms with Crippen LogP contribution >= 0.6 is 0 Å². The zero-order valence-corrected chi connectivity index (χ0v) is 13.1. The minimum atomic E-state index is -0.844. The van der Waals surface area contributed by atoms with E-state index < -0.39 is 11.8 Å². The molecule has 3 rings (SSSR count). The van der Waals surface area contributed by atoms with E-state index in [1.807, 2.05) is 18.2 Å². The first-order valence-electron chi connectivity index (χ1n) is 7.82. The van der Waals surface area contributed by atoms with Crippen LogP contribution in [0.25, 0.3) is 0 Å². The number of para-hydroxylation sites is 1. The van der Waals surface area contributed by atoms with Crippen LogP contribution < -0.4 is 5.32 Å². The number of esters is 1. The summed E-state index contributed by atoms with van der Waals surface area (Å²) in [7, 11) is 0.